The third kappa shape index (κ3) is 7.34. The minimum Gasteiger partial charge on any atom is -0.496 e. The molecule has 0 unspecified atom stereocenters. The van der Waals surface area contributed by atoms with Crippen molar-refractivity contribution < 1.29 is 41.6 Å². The van der Waals surface area contributed by atoms with Crippen molar-refractivity contribution in [2.45, 2.75) is 45.9 Å². The standard InChI is InChI=1S/C26H26F3N3O6/c1-14-9-21(38-32-14)16-8-6-7-15(10-16)20(33)13-23(34)30-18-11-17(26(27,28)29)22(36-5)12-19(18)31-24(35)37-25(2,3)4/h6-12H,13H2,1-5H3,(H,30,34)(H,31,35). The van der Waals surface area contributed by atoms with Crippen LogP contribution in [0.2, 0.25) is 0 Å². The molecular formula is C26H26F3N3O6. The minimum absolute atomic E-state index is 0.185. The number of ketones is 1. The zero-order chi connectivity index (χ0) is 28.3. The van der Waals surface area contributed by atoms with Gasteiger partial charge in [-0.1, -0.05) is 23.4 Å². The molecule has 0 fully saturated rings. The molecule has 1 aromatic heterocycles. The fourth-order valence-corrected chi connectivity index (χ4v) is 3.38. The molecule has 9 nitrogen and oxygen atoms in total. The van der Waals surface area contributed by atoms with E-state index in [1.807, 2.05) is 0 Å². The Kier molecular flexibility index (Phi) is 8.13. The van der Waals surface area contributed by atoms with Gasteiger partial charge in [0.05, 0.1) is 36.2 Å². The number of anilines is 2. The number of carbonyl (C=O) groups excluding carboxylic acids is 3. The van der Waals surface area contributed by atoms with Crippen LogP contribution in [0.25, 0.3) is 11.3 Å². The van der Waals surface area contributed by atoms with Crippen LogP contribution in [0.4, 0.5) is 29.3 Å². The number of hydrogen-bond donors (Lipinski definition) is 2. The van der Waals surface area contributed by atoms with Gasteiger partial charge >= 0.3 is 12.3 Å². The van der Waals surface area contributed by atoms with Crippen LogP contribution in [-0.4, -0.2) is 35.7 Å². The van der Waals surface area contributed by atoms with E-state index in [-0.39, 0.29) is 11.3 Å². The maximum atomic E-state index is 13.6. The van der Waals surface area contributed by atoms with E-state index in [0.29, 0.717) is 23.1 Å². The molecule has 0 aliphatic rings. The summed E-state index contributed by atoms with van der Waals surface area (Å²) in [6, 6.07) is 9.50. The van der Waals surface area contributed by atoms with E-state index in [0.717, 1.165) is 13.2 Å². The van der Waals surface area contributed by atoms with Gasteiger partial charge in [0.2, 0.25) is 5.91 Å². The third-order valence-electron chi connectivity index (χ3n) is 4.97. The molecule has 12 heteroatoms. The van der Waals surface area contributed by atoms with Gasteiger partial charge in [-0.05, 0) is 39.8 Å². The first kappa shape index (κ1) is 28.2. The highest BCUT2D eigenvalue weighted by Gasteiger charge is 2.36. The summed E-state index contributed by atoms with van der Waals surface area (Å²) in [6.07, 6.45) is -6.48. The van der Waals surface area contributed by atoms with Crippen molar-refractivity contribution in [3.8, 4) is 17.1 Å². The summed E-state index contributed by atoms with van der Waals surface area (Å²) in [4.78, 5) is 37.8. The van der Waals surface area contributed by atoms with Crippen molar-refractivity contribution in [1.82, 2.24) is 5.16 Å². The molecule has 0 aliphatic carbocycles. The average molecular weight is 534 g/mol. The van der Waals surface area contributed by atoms with Gasteiger partial charge in [0.25, 0.3) is 0 Å². The summed E-state index contributed by atoms with van der Waals surface area (Å²) in [7, 11) is 1.03. The van der Waals surface area contributed by atoms with Gasteiger partial charge in [-0.3, -0.25) is 14.9 Å². The second-order valence-corrected chi connectivity index (χ2v) is 9.28. The Hall–Kier alpha value is -4.35. The number of rotatable bonds is 7. The van der Waals surface area contributed by atoms with E-state index in [1.54, 1.807) is 45.9 Å². The molecule has 0 saturated heterocycles. The number of hydrogen-bond acceptors (Lipinski definition) is 7. The fourth-order valence-electron chi connectivity index (χ4n) is 3.38. The number of amides is 2. The Balaban J connectivity index is 1.86. The molecule has 3 aromatic rings. The Labute approximate surface area is 216 Å². The number of nitrogens with one attached hydrogen (secondary N) is 2. The highest BCUT2D eigenvalue weighted by Crippen LogP contribution is 2.41. The summed E-state index contributed by atoms with van der Waals surface area (Å²) < 4.78 is 56.0. The third-order valence-corrected chi connectivity index (χ3v) is 4.97. The maximum Gasteiger partial charge on any atom is 0.420 e. The maximum absolute atomic E-state index is 13.6. The number of methoxy groups -OCH3 is 1. The van der Waals surface area contributed by atoms with Crippen LogP contribution in [0.15, 0.2) is 47.0 Å². The lowest BCUT2D eigenvalue weighted by molar-refractivity contribution is -0.138. The molecule has 3 rings (SSSR count). The number of benzene rings is 2. The highest BCUT2D eigenvalue weighted by molar-refractivity contribution is 6.12. The van der Waals surface area contributed by atoms with Crippen molar-refractivity contribution in [1.29, 1.82) is 0 Å². The lowest BCUT2D eigenvalue weighted by Gasteiger charge is -2.22. The average Bonchev–Trinajstić information content (AvgIpc) is 3.24. The number of aromatic nitrogens is 1. The minimum atomic E-state index is -4.83. The number of nitrogens with zero attached hydrogens (tertiary/aromatic N) is 1. The second kappa shape index (κ2) is 11.0. The van der Waals surface area contributed by atoms with Crippen LogP contribution in [0, 0.1) is 6.92 Å². The van der Waals surface area contributed by atoms with Crippen molar-refractivity contribution in [2.24, 2.45) is 0 Å². The number of ether oxygens (including phenoxy) is 2. The van der Waals surface area contributed by atoms with E-state index in [4.69, 9.17) is 14.0 Å². The van der Waals surface area contributed by atoms with Crippen LogP contribution in [0.1, 0.15) is 48.8 Å². The first-order valence-corrected chi connectivity index (χ1v) is 11.3. The van der Waals surface area contributed by atoms with Gasteiger partial charge in [-0.2, -0.15) is 13.2 Å². The number of halogens is 3. The number of Topliss-reactive ketones (excluding diaryl/α,β-unsaturated/α-hetero) is 1. The van der Waals surface area contributed by atoms with Crippen LogP contribution in [0.3, 0.4) is 0 Å². The van der Waals surface area contributed by atoms with E-state index in [1.165, 1.54) is 12.1 Å². The fraction of sp³-hybridized carbons (Fsp3) is 0.308. The summed E-state index contributed by atoms with van der Waals surface area (Å²) >= 11 is 0. The molecule has 0 atom stereocenters. The molecule has 0 aliphatic heterocycles. The zero-order valence-electron chi connectivity index (χ0n) is 21.3. The molecule has 0 saturated carbocycles. The molecule has 0 spiro atoms. The van der Waals surface area contributed by atoms with Gasteiger partial charge in [0, 0.05) is 23.3 Å². The topological polar surface area (TPSA) is 120 Å². The van der Waals surface area contributed by atoms with E-state index < -0.39 is 53.0 Å². The van der Waals surface area contributed by atoms with Gasteiger partial charge < -0.3 is 19.3 Å². The Morgan fingerprint density at radius 3 is 2.26 bits per heavy atom. The molecule has 0 radical (unpaired) electrons. The van der Waals surface area contributed by atoms with Crippen LogP contribution in [0.5, 0.6) is 5.75 Å². The van der Waals surface area contributed by atoms with E-state index >= 15 is 0 Å². The Bertz CT molecular complexity index is 1360. The lowest BCUT2D eigenvalue weighted by atomic mass is 10.0. The number of alkyl halides is 3. The summed E-state index contributed by atoms with van der Waals surface area (Å²) in [6.45, 7) is 6.55. The summed E-state index contributed by atoms with van der Waals surface area (Å²) in [5.41, 5.74) is -1.30. The largest absolute Gasteiger partial charge is 0.496 e. The van der Waals surface area contributed by atoms with Crippen LogP contribution in [-0.2, 0) is 15.7 Å². The van der Waals surface area contributed by atoms with Gasteiger partial charge in [-0.25, -0.2) is 4.79 Å². The lowest BCUT2D eigenvalue weighted by Crippen LogP contribution is -2.28. The molecule has 2 N–H and O–H groups in total. The van der Waals surface area contributed by atoms with Crippen molar-refractivity contribution >= 4 is 29.2 Å². The van der Waals surface area contributed by atoms with Crippen molar-refractivity contribution in [2.75, 3.05) is 17.7 Å². The van der Waals surface area contributed by atoms with E-state index in [9.17, 15) is 27.6 Å². The SMILES string of the molecule is COc1cc(NC(=O)OC(C)(C)C)c(NC(=O)CC(=O)c2cccc(-c3cc(C)no3)c2)cc1C(F)(F)F. The van der Waals surface area contributed by atoms with Gasteiger partial charge in [-0.15, -0.1) is 0 Å². The molecule has 2 amide bonds. The predicted molar refractivity (Wildman–Crippen MR) is 132 cm³/mol. The quantitative estimate of drug-likeness (QED) is 0.273. The van der Waals surface area contributed by atoms with Gasteiger partial charge in [0.1, 0.15) is 11.4 Å². The second-order valence-electron chi connectivity index (χ2n) is 9.28. The monoisotopic (exact) mass is 533 g/mol. The molecule has 2 aromatic carbocycles. The van der Waals surface area contributed by atoms with Crippen molar-refractivity contribution in [3.63, 3.8) is 0 Å². The Morgan fingerprint density at radius 1 is 1.00 bits per heavy atom. The molecule has 38 heavy (non-hydrogen) atoms. The molecule has 1 heterocycles. The van der Waals surface area contributed by atoms with Crippen LogP contribution < -0.4 is 15.4 Å². The molecule has 0 bridgehead atoms. The number of carbonyl (C=O) groups is 3. The van der Waals surface area contributed by atoms with Crippen molar-refractivity contribution in [3.05, 3.63) is 59.3 Å². The smallest absolute Gasteiger partial charge is 0.420 e. The normalized spacial score (nSPS) is 11.6. The molecular weight excluding hydrogens is 507 g/mol. The Morgan fingerprint density at radius 2 is 1.68 bits per heavy atom. The first-order valence-electron chi connectivity index (χ1n) is 11.3. The summed E-state index contributed by atoms with van der Waals surface area (Å²) in [5.74, 6) is -1.65. The predicted octanol–water partition coefficient (Wildman–Crippen LogP) is 6.24. The molecule has 202 valence electrons. The van der Waals surface area contributed by atoms with Crippen LogP contribution >= 0.6 is 0 Å². The van der Waals surface area contributed by atoms with Gasteiger partial charge in [0.15, 0.2) is 11.5 Å². The number of aryl methyl sites for hydroxylation is 1. The first-order chi connectivity index (χ1) is 17.7. The van der Waals surface area contributed by atoms with E-state index in [2.05, 4.69) is 15.8 Å². The summed E-state index contributed by atoms with van der Waals surface area (Å²) in [5, 5.41) is 8.39. The zero-order valence-corrected chi connectivity index (χ0v) is 21.3. The highest BCUT2D eigenvalue weighted by atomic mass is 19.4.